The molecule has 16 heavy (non-hydrogen) atoms. The van der Waals surface area contributed by atoms with Crippen molar-refractivity contribution in [3.63, 3.8) is 0 Å². The first-order valence-electron chi connectivity index (χ1n) is 7.19. The highest BCUT2D eigenvalue weighted by Gasteiger charge is 2.22. The third kappa shape index (κ3) is 3.74. The van der Waals surface area contributed by atoms with Crippen LogP contribution in [0.4, 0.5) is 0 Å². The maximum Gasteiger partial charge on any atom is 0.0509 e. The molecule has 0 amide bonds. The average molecular weight is 225 g/mol. The molecule has 2 aliphatic rings. The van der Waals surface area contributed by atoms with Crippen LogP contribution in [-0.2, 0) is 4.74 Å². The van der Waals surface area contributed by atoms with Crippen LogP contribution in [0.5, 0.6) is 0 Å². The third-order valence-electron chi connectivity index (χ3n) is 4.43. The summed E-state index contributed by atoms with van der Waals surface area (Å²) in [6.07, 6.45) is 12.3. The van der Waals surface area contributed by atoms with Crippen molar-refractivity contribution < 1.29 is 4.74 Å². The Hall–Kier alpha value is -0.0800. The van der Waals surface area contributed by atoms with E-state index >= 15 is 0 Å². The summed E-state index contributed by atoms with van der Waals surface area (Å²) in [5.74, 6) is 1.61. The summed E-state index contributed by atoms with van der Waals surface area (Å²) in [6, 6.07) is 0.391. The predicted octanol–water partition coefficient (Wildman–Crippen LogP) is 3.10. The molecule has 0 aromatic carbocycles. The number of rotatable bonds is 4. The smallest absolute Gasteiger partial charge is 0.0509 e. The Labute approximate surface area is 99.9 Å². The highest BCUT2D eigenvalue weighted by atomic mass is 16.5. The van der Waals surface area contributed by atoms with Gasteiger partial charge in [-0.3, -0.25) is 0 Å². The average Bonchev–Trinajstić information content (AvgIpc) is 2.38. The van der Waals surface area contributed by atoms with E-state index in [9.17, 15) is 0 Å². The van der Waals surface area contributed by atoms with E-state index in [1.165, 1.54) is 57.8 Å². The van der Waals surface area contributed by atoms with Gasteiger partial charge in [-0.2, -0.15) is 0 Å². The van der Waals surface area contributed by atoms with Crippen LogP contribution in [0.2, 0.25) is 0 Å². The second kappa shape index (κ2) is 6.61. The molecular formula is C14H27NO. The predicted molar refractivity (Wildman–Crippen MR) is 67.3 cm³/mol. The van der Waals surface area contributed by atoms with E-state index in [4.69, 9.17) is 10.5 Å². The van der Waals surface area contributed by atoms with Gasteiger partial charge >= 0.3 is 0 Å². The Morgan fingerprint density at radius 3 is 2.56 bits per heavy atom. The minimum Gasteiger partial charge on any atom is -0.381 e. The van der Waals surface area contributed by atoms with Gasteiger partial charge in [-0.1, -0.05) is 32.1 Å². The van der Waals surface area contributed by atoms with E-state index < -0.39 is 0 Å². The minimum absolute atomic E-state index is 0.391. The molecule has 1 heterocycles. The number of hydrogen-bond donors (Lipinski definition) is 1. The number of hydrogen-bond acceptors (Lipinski definition) is 2. The summed E-state index contributed by atoms with van der Waals surface area (Å²) in [7, 11) is 0. The summed E-state index contributed by atoms with van der Waals surface area (Å²) in [6.45, 7) is 1.86. The Morgan fingerprint density at radius 2 is 1.88 bits per heavy atom. The van der Waals surface area contributed by atoms with Crippen LogP contribution in [0.1, 0.15) is 57.8 Å². The molecule has 2 fully saturated rings. The largest absolute Gasteiger partial charge is 0.381 e. The normalized spacial score (nSPS) is 30.2. The van der Waals surface area contributed by atoms with Crippen molar-refractivity contribution in [1.82, 2.24) is 0 Å². The fraction of sp³-hybridized carbons (Fsp3) is 1.00. The second-order valence-corrected chi connectivity index (χ2v) is 5.72. The molecule has 0 bridgehead atoms. The summed E-state index contributed by atoms with van der Waals surface area (Å²) in [5.41, 5.74) is 6.29. The molecule has 1 saturated carbocycles. The molecule has 0 aromatic heterocycles. The molecule has 2 unspecified atom stereocenters. The van der Waals surface area contributed by atoms with Crippen molar-refractivity contribution in [2.24, 2.45) is 17.6 Å². The molecule has 2 nitrogen and oxygen atoms in total. The van der Waals surface area contributed by atoms with Gasteiger partial charge in [0.25, 0.3) is 0 Å². The number of nitrogens with two attached hydrogens (primary N) is 1. The van der Waals surface area contributed by atoms with Crippen LogP contribution >= 0.6 is 0 Å². The quantitative estimate of drug-likeness (QED) is 0.798. The molecule has 0 radical (unpaired) electrons. The second-order valence-electron chi connectivity index (χ2n) is 5.72. The lowest BCUT2D eigenvalue weighted by atomic mass is 9.83. The van der Waals surface area contributed by atoms with Crippen molar-refractivity contribution in [3.8, 4) is 0 Å². The van der Waals surface area contributed by atoms with E-state index in [-0.39, 0.29) is 0 Å². The maximum atomic E-state index is 6.29. The first kappa shape index (κ1) is 12.4. The first-order valence-corrected chi connectivity index (χ1v) is 7.19. The lowest BCUT2D eigenvalue weighted by molar-refractivity contribution is 0.0427. The van der Waals surface area contributed by atoms with Gasteiger partial charge in [0.05, 0.1) is 6.61 Å². The fourth-order valence-electron chi connectivity index (χ4n) is 3.24. The van der Waals surface area contributed by atoms with Crippen molar-refractivity contribution >= 4 is 0 Å². The van der Waals surface area contributed by atoms with Gasteiger partial charge in [-0.15, -0.1) is 0 Å². The molecule has 2 heteroatoms. The molecule has 2 N–H and O–H groups in total. The standard InChI is InChI=1S/C14H27NO/c15-14(13-7-4-10-16-11-13)9-8-12-5-2-1-3-6-12/h12-14H,1-11,15H2. The molecule has 94 valence electrons. The van der Waals surface area contributed by atoms with Crippen LogP contribution in [0.15, 0.2) is 0 Å². The summed E-state index contributed by atoms with van der Waals surface area (Å²) >= 11 is 0. The van der Waals surface area contributed by atoms with E-state index in [1.54, 1.807) is 0 Å². The van der Waals surface area contributed by atoms with Crippen LogP contribution in [-0.4, -0.2) is 19.3 Å². The van der Waals surface area contributed by atoms with E-state index in [0.29, 0.717) is 12.0 Å². The van der Waals surface area contributed by atoms with Crippen LogP contribution in [0.25, 0.3) is 0 Å². The lowest BCUT2D eigenvalue weighted by Crippen LogP contribution is -2.36. The van der Waals surface area contributed by atoms with Gasteiger partial charge in [0, 0.05) is 12.6 Å². The molecule has 1 saturated heterocycles. The zero-order valence-electron chi connectivity index (χ0n) is 10.5. The van der Waals surface area contributed by atoms with Crippen molar-refractivity contribution in [2.75, 3.05) is 13.2 Å². The van der Waals surface area contributed by atoms with E-state index in [2.05, 4.69) is 0 Å². The Balaban J connectivity index is 1.63. The molecule has 1 aliphatic carbocycles. The first-order chi connectivity index (χ1) is 7.86. The van der Waals surface area contributed by atoms with Crippen molar-refractivity contribution in [2.45, 2.75) is 63.8 Å². The van der Waals surface area contributed by atoms with Gasteiger partial charge < -0.3 is 10.5 Å². The van der Waals surface area contributed by atoms with E-state index in [0.717, 1.165) is 19.1 Å². The Morgan fingerprint density at radius 1 is 1.06 bits per heavy atom. The Bertz CT molecular complexity index is 183. The summed E-state index contributed by atoms with van der Waals surface area (Å²) in [4.78, 5) is 0. The molecule has 0 spiro atoms. The fourth-order valence-corrected chi connectivity index (χ4v) is 3.24. The van der Waals surface area contributed by atoms with Gasteiger partial charge in [0.1, 0.15) is 0 Å². The molecular weight excluding hydrogens is 198 g/mol. The molecule has 0 aromatic rings. The van der Waals surface area contributed by atoms with Crippen LogP contribution < -0.4 is 5.73 Å². The van der Waals surface area contributed by atoms with Gasteiger partial charge in [-0.25, -0.2) is 0 Å². The van der Waals surface area contributed by atoms with Crippen LogP contribution in [0, 0.1) is 11.8 Å². The van der Waals surface area contributed by atoms with Gasteiger partial charge in [0.15, 0.2) is 0 Å². The molecule has 2 rings (SSSR count). The van der Waals surface area contributed by atoms with Gasteiger partial charge in [0.2, 0.25) is 0 Å². The molecule has 2 atom stereocenters. The Kier molecular flexibility index (Phi) is 5.11. The lowest BCUT2D eigenvalue weighted by Gasteiger charge is -2.29. The number of ether oxygens (including phenoxy) is 1. The minimum atomic E-state index is 0.391. The van der Waals surface area contributed by atoms with Crippen molar-refractivity contribution in [3.05, 3.63) is 0 Å². The highest BCUT2D eigenvalue weighted by Crippen LogP contribution is 2.29. The SMILES string of the molecule is NC(CCC1CCCCC1)C1CCCOC1. The highest BCUT2D eigenvalue weighted by molar-refractivity contribution is 4.77. The summed E-state index contributed by atoms with van der Waals surface area (Å²) in [5, 5.41) is 0. The van der Waals surface area contributed by atoms with Gasteiger partial charge in [-0.05, 0) is 37.5 Å². The topological polar surface area (TPSA) is 35.2 Å². The maximum absolute atomic E-state index is 6.29. The third-order valence-corrected chi connectivity index (χ3v) is 4.43. The molecule has 1 aliphatic heterocycles. The summed E-state index contributed by atoms with van der Waals surface area (Å²) < 4.78 is 5.52. The monoisotopic (exact) mass is 225 g/mol. The van der Waals surface area contributed by atoms with E-state index in [1.807, 2.05) is 0 Å². The zero-order valence-corrected chi connectivity index (χ0v) is 10.5. The van der Waals surface area contributed by atoms with Crippen molar-refractivity contribution in [1.29, 1.82) is 0 Å². The zero-order chi connectivity index (χ0) is 11.2. The van der Waals surface area contributed by atoms with Crippen LogP contribution in [0.3, 0.4) is 0 Å².